The molecule has 0 aliphatic heterocycles. The van der Waals surface area contributed by atoms with Crippen LogP contribution in [0.2, 0.25) is 0 Å². The van der Waals surface area contributed by atoms with Crippen molar-refractivity contribution in [2.24, 2.45) is 7.05 Å². The van der Waals surface area contributed by atoms with Gasteiger partial charge in [0.05, 0.1) is 5.69 Å². The first-order valence-electron chi connectivity index (χ1n) is 5.73. The van der Waals surface area contributed by atoms with Crippen LogP contribution >= 0.6 is 11.6 Å². The first-order chi connectivity index (χ1) is 9.10. The van der Waals surface area contributed by atoms with Crippen LogP contribution in [0, 0.1) is 0 Å². The molecule has 98 valence electrons. The van der Waals surface area contributed by atoms with E-state index in [2.05, 4.69) is 5.32 Å². The molecule has 0 bridgehead atoms. The fraction of sp³-hybridized carbons (Fsp3) is 0.143. The molecule has 5 heteroatoms. The number of halogens is 1. The summed E-state index contributed by atoms with van der Waals surface area (Å²) in [5.74, 6) is 0.131. The lowest BCUT2D eigenvalue weighted by Crippen LogP contribution is -2.18. The first-order valence-corrected chi connectivity index (χ1v) is 6.26. The molecule has 0 unspecified atom stereocenters. The van der Waals surface area contributed by atoms with Gasteiger partial charge in [-0.2, -0.15) is 0 Å². The van der Waals surface area contributed by atoms with E-state index in [1.54, 1.807) is 37.5 Å². The van der Waals surface area contributed by atoms with Gasteiger partial charge in [0.25, 0.3) is 5.91 Å². The van der Waals surface area contributed by atoms with Gasteiger partial charge in [0.2, 0.25) is 5.56 Å². The maximum Gasteiger partial charge on any atom is 0.255 e. The van der Waals surface area contributed by atoms with Gasteiger partial charge in [-0.3, -0.25) is 9.59 Å². The Kier molecular flexibility index (Phi) is 4.02. The molecule has 1 heterocycles. The topological polar surface area (TPSA) is 51.1 Å². The highest BCUT2D eigenvalue weighted by molar-refractivity contribution is 6.17. The zero-order chi connectivity index (χ0) is 13.8. The number of aromatic nitrogens is 1. The lowest BCUT2D eigenvalue weighted by Gasteiger charge is -2.07. The fourth-order valence-corrected chi connectivity index (χ4v) is 1.83. The zero-order valence-corrected chi connectivity index (χ0v) is 11.1. The smallest absolute Gasteiger partial charge is 0.255 e. The monoisotopic (exact) mass is 276 g/mol. The second kappa shape index (κ2) is 5.71. The number of carbonyl (C=O) groups is 1. The predicted octanol–water partition coefficient (Wildman–Crippen LogP) is 2.38. The molecule has 0 aliphatic rings. The van der Waals surface area contributed by atoms with Crippen molar-refractivity contribution in [3.05, 3.63) is 64.1 Å². The molecule has 0 saturated carbocycles. The number of aryl methyl sites for hydroxylation is 1. The van der Waals surface area contributed by atoms with E-state index in [0.717, 1.165) is 5.56 Å². The van der Waals surface area contributed by atoms with Crippen LogP contribution in [0.15, 0.2) is 47.4 Å². The van der Waals surface area contributed by atoms with Crippen LogP contribution in [0.5, 0.6) is 0 Å². The normalized spacial score (nSPS) is 10.2. The predicted molar refractivity (Wildman–Crippen MR) is 75.6 cm³/mol. The molecular formula is C14H13ClN2O2. The Morgan fingerprint density at radius 3 is 2.79 bits per heavy atom. The number of alkyl halides is 1. The van der Waals surface area contributed by atoms with E-state index in [-0.39, 0.29) is 11.5 Å². The number of benzene rings is 1. The maximum atomic E-state index is 12.0. The number of nitrogens with one attached hydrogen (secondary N) is 1. The summed E-state index contributed by atoms with van der Waals surface area (Å²) in [7, 11) is 1.63. The third-order valence-electron chi connectivity index (χ3n) is 2.69. The molecule has 0 atom stereocenters. The third-order valence-corrected chi connectivity index (χ3v) is 3.00. The van der Waals surface area contributed by atoms with E-state index in [4.69, 9.17) is 11.6 Å². The van der Waals surface area contributed by atoms with Gasteiger partial charge in [-0.05, 0) is 23.8 Å². The molecule has 0 radical (unpaired) electrons. The lowest BCUT2D eigenvalue weighted by molar-refractivity contribution is 0.102. The Labute approximate surface area is 115 Å². The number of carbonyl (C=O) groups excluding carboxylic acids is 1. The van der Waals surface area contributed by atoms with Gasteiger partial charge in [0, 0.05) is 30.8 Å². The van der Waals surface area contributed by atoms with Crippen molar-refractivity contribution in [3.8, 4) is 0 Å². The number of anilines is 1. The van der Waals surface area contributed by atoms with E-state index in [1.807, 2.05) is 6.07 Å². The molecule has 0 aliphatic carbocycles. The van der Waals surface area contributed by atoms with Gasteiger partial charge in [0.15, 0.2) is 0 Å². The van der Waals surface area contributed by atoms with Crippen molar-refractivity contribution >= 4 is 23.2 Å². The van der Waals surface area contributed by atoms with Gasteiger partial charge >= 0.3 is 0 Å². The quantitative estimate of drug-likeness (QED) is 0.875. The number of hydrogen-bond donors (Lipinski definition) is 1. The van der Waals surface area contributed by atoms with E-state index in [1.165, 1.54) is 10.6 Å². The van der Waals surface area contributed by atoms with E-state index in [0.29, 0.717) is 17.1 Å². The van der Waals surface area contributed by atoms with Crippen LogP contribution in [0.4, 0.5) is 5.69 Å². The maximum absolute atomic E-state index is 12.0. The summed E-state index contributed by atoms with van der Waals surface area (Å²) in [6.45, 7) is 0. The highest BCUT2D eigenvalue weighted by Gasteiger charge is 2.07. The Morgan fingerprint density at radius 1 is 1.32 bits per heavy atom. The van der Waals surface area contributed by atoms with Crippen LogP contribution in [0.3, 0.4) is 0 Å². The van der Waals surface area contributed by atoms with Crippen molar-refractivity contribution in [1.29, 1.82) is 0 Å². The molecule has 0 saturated heterocycles. The fourth-order valence-electron chi connectivity index (χ4n) is 1.67. The van der Waals surface area contributed by atoms with Crippen molar-refractivity contribution in [3.63, 3.8) is 0 Å². The molecular weight excluding hydrogens is 264 g/mol. The Morgan fingerprint density at radius 2 is 2.11 bits per heavy atom. The van der Waals surface area contributed by atoms with Crippen molar-refractivity contribution in [1.82, 2.24) is 4.57 Å². The minimum Gasteiger partial charge on any atom is -0.321 e. The highest BCUT2D eigenvalue weighted by Crippen LogP contribution is 2.10. The summed E-state index contributed by atoms with van der Waals surface area (Å²) in [5, 5.41) is 2.74. The second-order valence-electron chi connectivity index (χ2n) is 4.16. The van der Waals surface area contributed by atoms with Crippen LogP contribution < -0.4 is 10.9 Å². The average molecular weight is 277 g/mol. The SMILES string of the molecule is Cn1cc(NC(=O)c2cccc(CCl)c2)ccc1=O. The molecule has 19 heavy (non-hydrogen) atoms. The van der Waals surface area contributed by atoms with Gasteiger partial charge in [-0.1, -0.05) is 12.1 Å². The van der Waals surface area contributed by atoms with Crippen LogP contribution in [-0.2, 0) is 12.9 Å². The molecule has 1 aromatic heterocycles. The van der Waals surface area contributed by atoms with Gasteiger partial charge < -0.3 is 9.88 Å². The standard InChI is InChI=1S/C14H13ClN2O2/c1-17-9-12(5-6-13(17)18)16-14(19)11-4-2-3-10(7-11)8-15/h2-7,9H,8H2,1H3,(H,16,19). The van der Waals surface area contributed by atoms with Gasteiger partial charge in [-0.15, -0.1) is 11.6 Å². The van der Waals surface area contributed by atoms with Crippen molar-refractivity contribution in [2.45, 2.75) is 5.88 Å². The molecule has 1 aromatic carbocycles. The average Bonchev–Trinajstić information content (AvgIpc) is 2.43. The van der Waals surface area contributed by atoms with Crippen LogP contribution in [0.25, 0.3) is 0 Å². The van der Waals surface area contributed by atoms with Crippen molar-refractivity contribution in [2.75, 3.05) is 5.32 Å². The Balaban J connectivity index is 2.20. The lowest BCUT2D eigenvalue weighted by atomic mass is 10.1. The van der Waals surface area contributed by atoms with Crippen LogP contribution in [0.1, 0.15) is 15.9 Å². The molecule has 2 aromatic rings. The zero-order valence-electron chi connectivity index (χ0n) is 10.4. The summed E-state index contributed by atoms with van der Waals surface area (Å²) >= 11 is 5.73. The molecule has 1 N–H and O–H groups in total. The summed E-state index contributed by atoms with van der Waals surface area (Å²) in [4.78, 5) is 23.3. The summed E-state index contributed by atoms with van der Waals surface area (Å²) in [5.41, 5.74) is 1.87. The van der Waals surface area contributed by atoms with Crippen LogP contribution in [-0.4, -0.2) is 10.5 Å². The third kappa shape index (κ3) is 3.23. The summed E-state index contributed by atoms with van der Waals surface area (Å²) in [6.07, 6.45) is 1.58. The summed E-state index contributed by atoms with van der Waals surface area (Å²) < 4.78 is 1.41. The first kappa shape index (κ1) is 13.4. The molecule has 0 fully saturated rings. The van der Waals surface area contributed by atoms with E-state index < -0.39 is 0 Å². The molecule has 2 rings (SSSR count). The number of hydrogen-bond acceptors (Lipinski definition) is 2. The number of amides is 1. The molecule has 1 amide bonds. The molecule has 0 spiro atoms. The molecule has 4 nitrogen and oxygen atoms in total. The van der Waals surface area contributed by atoms with Crippen molar-refractivity contribution < 1.29 is 4.79 Å². The van der Waals surface area contributed by atoms with E-state index in [9.17, 15) is 9.59 Å². The summed E-state index contributed by atoms with van der Waals surface area (Å²) in [6, 6.07) is 10.1. The second-order valence-corrected chi connectivity index (χ2v) is 4.42. The number of pyridine rings is 1. The highest BCUT2D eigenvalue weighted by atomic mass is 35.5. The number of rotatable bonds is 3. The largest absolute Gasteiger partial charge is 0.321 e. The Bertz CT molecular complexity index is 664. The Hall–Kier alpha value is -2.07. The van der Waals surface area contributed by atoms with Gasteiger partial charge in [-0.25, -0.2) is 0 Å². The minimum atomic E-state index is -0.231. The van der Waals surface area contributed by atoms with E-state index >= 15 is 0 Å². The minimum absolute atomic E-state index is 0.123. The van der Waals surface area contributed by atoms with Gasteiger partial charge in [0.1, 0.15) is 0 Å². The number of nitrogens with zero attached hydrogens (tertiary/aromatic N) is 1.